The monoisotopic (exact) mass is 466 g/mol. The van der Waals surface area contributed by atoms with Crippen molar-refractivity contribution in [2.24, 2.45) is 0 Å². The molecule has 4 aromatic rings. The Morgan fingerprint density at radius 3 is 2.38 bits per heavy atom. The van der Waals surface area contributed by atoms with Gasteiger partial charge in [0.05, 0.1) is 34.5 Å². The van der Waals surface area contributed by atoms with Gasteiger partial charge in [-0.25, -0.2) is 13.4 Å². The molecule has 0 N–H and O–H groups in total. The van der Waals surface area contributed by atoms with Gasteiger partial charge in [0.25, 0.3) is 0 Å². The van der Waals surface area contributed by atoms with E-state index in [1.54, 1.807) is 42.3 Å². The van der Waals surface area contributed by atoms with E-state index in [1.807, 2.05) is 48.5 Å². The summed E-state index contributed by atoms with van der Waals surface area (Å²) >= 11 is 1.39. The molecule has 0 spiro atoms. The Morgan fingerprint density at radius 2 is 1.69 bits per heavy atom. The highest BCUT2D eigenvalue weighted by atomic mass is 32.2. The van der Waals surface area contributed by atoms with E-state index in [0.717, 1.165) is 15.8 Å². The van der Waals surface area contributed by atoms with Gasteiger partial charge < -0.3 is 4.74 Å². The van der Waals surface area contributed by atoms with Crippen LogP contribution < -0.4 is 9.64 Å². The molecule has 0 radical (unpaired) electrons. The van der Waals surface area contributed by atoms with E-state index in [2.05, 4.69) is 4.98 Å². The zero-order chi connectivity index (χ0) is 22.6. The molecule has 0 fully saturated rings. The van der Waals surface area contributed by atoms with Gasteiger partial charge in [-0.05, 0) is 29.8 Å². The number of fused-ring (bicyclic) bond motifs is 1. The number of amides is 1. The van der Waals surface area contributed by atoms with Gasteiger partial charge in [-0.1, -0.05) is 59.9 Å². The molecular weight excluding hydrogens is 444 g/mol. The molecule has 0 aliphatic heterocycles. The Hall–Kier alpha value is -3.23. The number of thiazole rings is 1. The molecule has 8 heteroatoms. The van der Waals surface area contributed by atoms with Crippen LogP contribution >= 0.6 is 11.3 Å². The lowest BCUT2D eigenvalue weighted by molar-refractivity contribution is -0.118. The first-order chi connectivity index (χ1) is 15.5. The number of aromatic nitrogens is 1. The molecule has 4 rings (SSSR count). The number of hydrogen-bond donors (Lipinski definition) is 0. The number of ether oxygens (including phenoxy) is 1. The summed E-state index contributed by atoms with van der Waals surface area (Å²) in [4.78, 5) is 19.6. The van der Waals surface area contributed by atoms with Crippen LogP contribution in [-0.2, 0) is 21.2 Å². The molecule has 0 aliphatic rings. The molecule has 32 heavy (non-hydrogen) atoms. The fraction of sp³-hybridized carbons (Fsp3) is 0.167. The van der Waals surface area contributed by atoms with Crippen molar-refractivity contribution in [3.05, 3.63) is 84.4 Å². The Labute approximate surface area is 191 Å². The first kappa shape index (κ1) is 22.0. The van der Waals surface area contributed by atoms with E-state index in [0.29, 0.717) is 17.4 Å². The summed E-state index contributed by atoms with van der Waals surface area (Å²) in [6.07, 6.45) is -0.136. The number of benzene rings is 3. The third-order valence-corrected chi connectivity index (χ3v) is 7.78. The predicted molar refractivity (Wildman–Crippen MR) is 127 cm³/mol. The maximum Gasteiger partial charge on any atom is 0.230 e. The molecule has 0 bridgehead atoms. The first-order valence-corrected chi connectivity index (χ1v) is 12.5. The Kier molecular flexibility index (Phi) is 6.53. The second kappa shape index (κ2) is 9.50. The summed E-state index contributed by atoms with van der Waals surface area (Å²) in [6, 6.07) is 23.3. The van der Waals surface area contributed by atoms with Gasteiger partial charge in [-0.2, -0.15) is 0 Å². The number of hydrogen-bond acceptors (Lipinski definition) is 6. The van der Waals surface area contributed by atoms with Crippen LogP contribution in [0.2, 0.25) is 0 Å². The van der Waals surface area contributed by atoms with Crippen molar-refractivity contribution in [3.8, 4) is 5.75 Å². The number of carbonyl (C=O) groups excluding carboxylic acids is 1. The lowest BCUT2D eigenvalue weighted by Gasteiger charge is -2.20. The summed E-state index contributed by atoms with van der Waals surface area (Å²) in [5, 5.41) is 0.527. The van der Waals surface area contributed by atoms with E-state index >= 15 is 0 Å². The minimum absolute atomic E-state index is 0.136. The standard InChI is InChI=1S/C24H22N2O4S2/c1-30-19-12-13-22-21(16-19)25-24(31-22)26(17-18-8-4-2-5-9-18)23(27)14-15-32(28,29)20-10-6-3-7-11-20/h2-13,16H,14-15,17H2,1H3. The van der Waals surface area contributed by atoms with E-state index in [9.17, 15) is 13.2 Å². The lowest BCUT2D eigenvalue weighted by Crippen LogP contribution is -2.31. The average molecular weight is 467 g/mol. The highest BCUT2D eigenvalue weighted by Gasteiger charge is 2.23. The molecule has 0 aliphatic carbocycles. The van der Waals surface area contributed by atoms with Crippen molar-refractivity contribution >= 4 is 42.4 Å². The minimum atomic E-state index is -3.56. The van der Waals surface area contributed by atoms with Gasteiger partial charge >= 0.3 is 0 Å². The first-order valence-electron chi connectivity index (χ1n) is 10.0. The molecule has 0 atom stereocenters. The second-order valence-corrected chi connectivity index (χ2v) is 10.3. The number of anilines is 1. The largest absolute Gasteiger partial charge is 0.497 e. The van der Waals surface area contributed by atoms with E-state index in [-0.39, 0.29) is 23.0 Å². The minimum Gasteiger partial charge on any atom is -0.497 e. The number of sulfone groups is 1. The van der Waals surface area contributed by atoms with Gasteiger partial charge in [-0.15, -0.1) is 0 Å². The van der Waals surface area contributed by atoms with Gasteiger partial charge in [0.2, 0.25) is 5.91 Å². The van der Waals surface area contributed by atoms with Crippen molar-refractivity contribution in [2.45, 2.75) is 17.9 Å². The molecule has 1 aromatic heterocycles. The molecule has 6 nitrogen and oxygen atoms in total. The topological polar surface area (TPSA) is 76.6 Å². The predicted octanol–water partition coefficient (Wildman–Crippen LogP) is 4.70. The molecule has 0 unspecified atom stereocenters. The van der Waals surface area contributed by atoms with Crippen molar-refractivity contribution < 1.29 is 17.9 Å². The van der Waals surface area contributed by atoms with Crippen LogP contribution in [0.15, 0.2) is 83.8 Å². The van der Waals surface area contributed by atoms with Crippen molar-refractivity contribution in [3.63, 3.8) is 0 Å². The van der Waals surface area contributed by atoms with Crippen molar-refractivity contribution in [2.75, 3.05) is 17.8 Å². The van der Waals surface area contributed by atoms with Crippen LogP contribution in [0.25, 0.3) is 10.2 Å². The van der Waals surface area contributed by atoms with E-state index in [4.69, 9.17) is 4.74 Å². The van der Waals surface area contributed by atoms with Gasteiger partial charge in [0.15, 0.2) is 15.0 Å². The van der Waals surface area contributed by atoms with Gasteiger partial charge in [-0.3, -0.25) is 9.69 Å². The number of nitrogens with zero attached hydrogens (tertiary/aromatic N) is 2. The molecule has 164 valence electrons. The van der Waals surface area contributed by atoms with Crippen LogP contribution in [0.1, 0.15) is 12.0 Å². The second-order valence-electron chi connectivity index (χ2n) is 7.18. The summed E-state index contributed by atoms with van der Waals surface area (Å²) in [7, 11) is -1.97. The molecule has 0 saturated carbocycles. The van der Waals surface area contributed by atoms with E-state index in [1.165, 1.54) is 11.3 Å². The number of carbonyl (C=O) groups is 1. The zero-order valence-corrected chi connectivity index (χ0v) is 19.1. The zero-order valence-electron chi connectivity index (χ0n) is 17.5. The maximum atomic E-state index is 13.2. The fourth-order valence-electron chi connectivity index (χ4n) is 3.27. The SMILES string of the molecule is COc1ccc2sc(N(Cc3ccccc3)C(=O)CCS(=O)(=O)c3ccccc3)nc2c1. The van der Waals surface area contributed by atoms with Crippen LogP contribution in [0.5, 0.6) is 5.75 Å². The third kappa shape index (κ3) is 4.98. The molecule has 3 aromatic carbocycles. The number of methoxy groups -OCH3 is 1. The van der Waals surface area contributed by atoms with Crippen LogP contribution in [0, 0.1) is 0 Å². The third-order valence-electron chi connectivity index (χ3n) is 4.99. The average Bonchev–Trinajstić information content (AvgIpc) is 3.25. The maximum absolute atomic E-state index is 13.2. The summed E-state index contributed by atoms with van der Waals surface area (Å²) in [5.74, 6) is 0.128. The van der Waals surface area contributed by atoms with Crippen LogP contribution in [0.3, 0.4) is 0 Å². The molecule has 1 heterocycles. The summed E-state index contributed by atoms with van der Waals surface area (Å²) in [6.45, 7) is 0.308. The fourth-order valence-corrected chi connectivity index (χ4v) is 5.48. The summed E-state index contributed by atoms with van der Waals surface area (Å²) in [5.41, 5.74) is 1.66. The number of rotatable bonds is 8. The van der Waals surface area contributed by atoms with Crippen LogP contribution in [0.4, 0.5) is 5.13 Å². The van der Waals surface area contributed by atoms with Crippen molar-refractivity contribution in [1.29, 1.82) is 0 Å². The summed E-state index contributed by atoms with van der Waals surface area (Å²) < 4.78 is 31.5. The molecule has 1 amide bonds. The van der Waals surface area contributed by atoms with Crippen LogP contribution in [-0.4, -0.2) is 32.2 Å². The van der Waals surface area contributed by atoms with E-state index < -0.39 is 9.84 Å². The quantitative estimate of drug-likeness (QED) is 0.376. The Morgan fingerprint density at radius 1 is 1.00 bits per heavy atom. The lowest BCUT2D eigenvalue weighted by atomic mass is 10.2. The molecular formula is C24H22N2O4S2. The molecule has 0 saturated heterocycles. The normalized spacial score (nSPS) is 11.4. The van der Waals surface area contributed by atoms with Gasteiger partial charge in [0, 0.05) is 12.5 Å². The Bertz CT molecular complexity index is 1320. The highest BCUT2D eigenvalue weighted by molar-refractivity contribution is 7.91. The Balaban J connectivity index is 1.61. The van der Waals surface area contributed by atoms with Crippen molar-refractivity contribution in [1.82, 2.24) is 4.98 Å². The smallest absolute Gasteiger partial charge is 0.230 e. The van der Waals surface area contributed by atoms with Gasteiger partial charge in [0.1, 0.15) is 5.75 Å². The highest BCUT2D eigenvalue weighted by Crippen LogP contribution is 2.32.